The maximum Gasteiger partial charge on any atom is 0.303 e. The lowest BCUT2D eigenvalue weighted by Crippen LogP contribution is -2.56. The minimum atomic E-state index is -0.792. The Kier molecular flexibility index (Phi) is 7.73. The summed E-state index contributed by atoms with van der Waals surface area (Å²) in [6, 6.07) is 8.81. The molecule has 1 N–H and O–H groups in total. The van der Waals surface area contributed by atoms with Gasteiger partial charge in [0, 0.05) is 57.7 Å². The summed E-state index contributed by atoms with van der Waals surface area (Å²) in [5.41, 5.74) is 3.14. The number of nitrogens with zero attached hydrogens (tertiary/aromatic N) is 2. The number of hydrogen-bond acceptors (Lipinski definition) is 5. The van der Waals surface area contributed by atoms with Crippen LogP contribution in [0.25, 0.3) is 0 Å². The largest absolute Gasteiger partial charge is 0.458 e. The Morgan fingerprint density at radius 3 is 2.59 bits per heavy atom. The van der Waals surface area contributed by atoms with E-state index >= 15 is 0 Å². The molecule has 1 heterocycles. The van der Waals surface area contributed by atoms with Crippen LogP contribution in [-0.2, 0) is 16.0 Å². The van der Waals surface area contributed by atoms with Crippen LogP contribution in [0.1, 0.15) is 59.4 Å². The van der Waals surface area contributed by atoms with Gasteiger partial charge in [-0.05, 0) is 61.1 Å². The molecular formula is C29H44N2O3. The molecule has 1 aromatic rings. The monoisotopic (exact) mass is 468 g/mol. The normalized spacial score (nSPS) is 33.1. The average molecular weight is 469 g/mol. The number of anilines is 1. The van der Waals surface area contributed by atoms with E-state index in [-0.39, 0.29) is 23.9 Å². The standard InChI is InChI=1S/C29H44N2O3/c1-6-24-9-7-8-10-27(24)31-15-13-30(14-16-31)19-21(3)25-12-11-22(4)29(33)18-28(34-23(5)32)20(2)17-26(25)29/h7-10,17,21-22,25-26,28,33H,6,11-16,18-19H2,1-5H3/t21-,22-,25+,26-,28-,29-/m1/s1. The maximum absolute atomic E-state index is 11.8. The van der Waals surface area contributed by atoms with E-state index in [0.717, 1.165) is 57.6 Å². The summed E-state index contributed by atoms with van der Waals surface area (Å²) in [7, 11) is 0. The van der Waals surface area contributed by atoms with Gasteiger partial charge in [0.15, 0.2) is 0 Å². The number of para-hydroxylation sites is 1. The van der Waals surface area contributed by atoms with Crippen molar-refractivity contribution in [2.45, 2.75) is 72.0 Å². The van der Waals surface area contributed by atoms with Crippen molar-refractivity contribution in [3.63, 3.8) is 0 Å². The van der Waals surface area contributed by atoms with Crippen LogP contribution in [-0.4, -0.2) is 60.4 Å². The fraction of sp³-hybridized carbons (Fsp3) is 0.690. The van der Waals surface area contributed by atoms with Gasteiger partial charge in [0.1, 0.15) is 6.10 Å². The molecule has 0 bridgehead atoms. The van der Waals surface area contributed by atoms with Crippen molar-refractivity contribution < 1.29 is 14.6 Å². The predicted octanol–water partition coefficient (Wildman–Crippen LogP) is 4.68. The van der Waals surface area contributed by atoms with Gasteiger partial charge in [-0.25, -0.2) is 0 Å². The van der Waals surface area contributed by atoms with Crippen molar-refractivity contribution in [1.29, 1.82) is 0 Å². The van der Waals surface area contributed by atoms with Gasteiger partial charge in [-0.2, -0.15) is 0 Å². The van der Waals surface area contributed by atoms with Crippen LogP contribution in [0.3, 0.4) is 0 Å². The molecule has 3 aliphatic rings. The van der Waals surface area contributed by atoms with Crippen molar-refractivity contribution in [3.05, 3.63) is 41.5 Å². The third-order valence-electron chi connectivity index (χ3n) is 8.96. The number of esters is 1. The molecule has 2 fully saturated rings. The zero-order valence-electron chi connectivity index (χ0n) is 21.8. The van der Waals surface area contributed by atoms with Crippen molar-refractivity contribution in [1.82, 2.24) is 4.90 Å². The van der Waals surface area contributed by atoms with E-state index in [1.807, 2.05) is 0 Å². The number of fused-ring (bicyclic) bond motifs is 1. The summed E-state index contributed by atoms with van der Waals surface area (Å²) in [6.07, 6.45) is 5.73. The van der Waals surface area contributed by atoms with Gasteiger partial charge in [0.25, 0.3) is 0 Å². The zero-order valence-corrected chi connectivity index (χ0v) is 21.8. The lowest BCUT2D eigenvalue weighted by Gasteiger charge is -2.53. The molecular weight excluding hydrogens is 424 g/mol. The van der Waals surface area contributed by atoms with Crippen LogP contribution in [0.2, 0.25) is 0 Å². The third kappa shape index (κ3) is 5.06. The molecule has 5 heteroatoms. The van der Waals surface area contributed by atoms with Gasteiger partial charge >= 0.3 is 5.97 Å². The van der Waals surface area contributed by atoms with Crippen LogP contribution >= 0.6 is 0 Å². The molecule has 5 nitrogen and oxygen atoms in total. The van der Waals surface area contributed by atoms with Crippen molar-refractivity contribution in [2.75, 3.05) is 37.6 Å². The second kappa shape index (κ2) is 10.4. The van der Waals surface area contributed by atoms with Gasteiger partial charge in [0.2, 0.25) is 0 Å². The number of carbonyl (C=O) groups is 1. The van der Waals surface area contributed by atoms with Crippen molar-refractivity contribution in [3.8, 4) is 0 Å². The van der Waals surface area contributed by atoms with E-state index in [0.29, 0.717) is 18.3 Å². The molecule has 4 rings (SSSR count). The van der Waals surface area contributed by atoms with Gasteiger partial charge in [-0.1, -0.05) is 45.0 Å². The van der Waals surface area contributed by atoms with E-state index in [4.69, 9.17) is 4.74 Å². The number of benzene rings is 1. The second-order valence-electron chi connectivity index (χ2n) is 11.1. The lowest BCUT2D eigenvalue weighted by molar-refractivity contribution is -0.159. The highest BCUT2D eigenvalue weighted by Gasteiger charge is 2.52. The molecule has 1 saturated heterocycles. The number of aryl methyl sites for hydroxylation is 1. The van der Waals surface area contributed by atoms with Crippen LogP contribution in [0.4, 0.5) is 5.69 Å². The Hall–Kier alpha value is -1.85. The zero-order chi connectivity index (χ0) is 24.5. The minimum absolute atomic E-state index is 0.135. The Balaban J connectivity index is 1.41. The highest BCUT2D eigenvalue weighted by Crippen LogP contribution is 2.51. The molecule has 6 atom stereocenters. The topological polar surface area (TPSA) is 53.0 Å². The predicted molar refractivity (Wildman–Crippen MR) is 138 cm³/mol. The molecule has 0 amide bonds. The summed E-state index contributed by atoms with van der Waals surface area (Å²) in [6.45, 7) is 15.7. The quantitative estimate of drug-likeness (QED) is 0.485. The Morgan fingerprint density at radius 1 is 1.21 bits per heavy atom. The van der Waals surface area contributed by atoms with E-state index < -0.39 is 5.60 Å². The number of aliphatic hydroxyl groups is 1. The van der Waals surface area contributed by atoms with Crippen LogP contribution in [0.15, 0.2) is 35.9 Å². The fourth-order valence-corrected chi connectivity index (χ4v) is 6.83. The summed E-state index contributed by atoms with van der Waals surface area (Å²) in [5.74, 6) is 1.04. The van der Waals surface area contributed by atoms with Gasteiger partial charge in [-0.3, -0.25) is 9.69 Å². The maximum atomic E-state index is 11.8. The van der Waals surface area contributed by atoms with Gasteiger partial charge in [-0.15, -0.1) is 0 Å². The Bertz CT molecular complexity index is 891. The highest BCUT2D eigenvalue weighted by molar-refractivity contribution is 5.66. The summed E-state index contributed by atoms with van der Waals surface area (Å²) in [4.78, 5) is 16.8. The molecule has 0 spiro atoms. The van der Waals surface area contributed by atoms with Crippen LogP contribution < -0.4 is 4.90 Å². The van der Waals surface area contributed by atoms with E-state index in [1.54, 1.807) is 0 Å². The first kappa shape index (κ1) is 25.2. The Morgan fingerprint density at radius 2 is 1.91 bits per heavy atom. The SMILES string of the molecule is CCc1ccccc1N1CCN(C[C@@H](C)[C@@H]2CC[C@@H](C)[C@]3(O)C[C@@H](OC(C)=O)C(C)=C[C@H]23)CC1. The first-order valence-corrected chi connectivity index (χ1v) is 13.4. The third-order valence-corrected chi connectivity index (χ3v) is 8.96. The molecule has 0 radical (unpaired) electrons. The minimum Gasteiger partial charge on any atom is -0.458 e. The molecule has 1 aliphatic heterocycles. The molecule has 0 unspecified atom stereocenters. The summed E-state index contributed by atoms with van der Waals surface area (Å²) in [5, 5.41) is 11.8. The number of rotatable bonds is 6. The van der Waals surface area contributed by atoms with Crippen molar-refractivity contribution >= 4 is 11.7 Å². The first-order chi connectivity index (χ1) is 16.2. The van der Waals surface area contributed by atoms with E-state index in [9.17, 15) is 9.90 Å². The van der Waals surface area contributed by atoms with Gasteiger partial charge < -0.3 is 14.7 Å². The Labute approximate surface area is 206 Å². The van der Waals surface area contributed by atoms with Crippen molar-refractivity contribution in [2.24, 2.45) is 23.7 Å². The number of ether oxygens (including phenoxy) is 1. The van der Waals surface area contributed by atoms with Crippen LogP contribution in [0.5, 0.6) is 0 Å². The molecule has 1 saturated carbocycles. The summed E-state index contributed by atoms with van der Waals surface area (Å²) >= 11 is 0. The van der Waals surface area contributed by atoms with E-state index in [2.05, 4.69) is 67.8 Å². The number of hydrogen-bond donors (Lipinski definition) is 1. The number of carbonyl (C=O) groups excluding carboxylic acids is 1. The molecule has 34 heavy (non-hydrogen) atoms. The first-order valence-electron chi connectivity index (χ1n) is 13.4. The number of piperazine rings is 1. The summed E-state index contributed by atoms with van der Waals surface area (Å²) < 4.78 is 5.57. The fourth-order valence-electron chi connectivity index (χ4n) is 6.83. The van der Waals surface area contributed by atoms with Gasteiger partial charge in [0.05, 0.1) is 5.60 Å². The van der Waals surface area contributed by atoms with E-state index in [1.165, 1.54) is 18.2 Å². The second-order valence-corrected chi connectivity index (χ2v) is 11.1. The smallest absolute Gasteiger partial charge is 0.303 e. The van der Waals surface area contributed by atoms with Crippen LogP contribution in [0, 0.1) is 23.7 Å². The molecule has 1 aromatic carbocycles. The molecule has 0 aromatic heterocycles. The molecule has 188 valence electrons. The average Bonchev–Trinajstić information content (AvgIpc) is 2.81. The molecule has 2 aliphatic carbocycles. The lowest BCUT2D eigenvalue weighted by atomic mass is 9.57. The highest BCUT2D eigenvalue weighted by atomic mass is 16.5.